The molecule has 0 bridgehead atoms. The molecule has 0 unspecified atom stereocenters. The fourth-order valence-corrected chi connectivity index (χ4v) is 4.18. The van der Waals surface area contributed by atoms with Crippen LogP contribution < -0.4 is 10.6 Å². The van der Waals surface area contributed by atoms with Crippen LogP contribution in [0.3, 0.4) is 0 Å². The first-order chi connectivity index (χ1) is 12.1. The van der Waals surface area contributed by atoms with Crippen molar-refractivity contribution in [1.82, 2.24) is 10.2 Å². The van der Waals surface area contributed by atoms with Gasteiger partial charge in [0.25, 0.3) is 0 Å². The second-order valence-corrected chi connectivity index (χ2v) is 8.04. The number of thiophene rings is 1. The minimum Gasteiger partial charge on any atom is -0.338 e. The summed E-state index contributed by atoms with van der Waals surface area (Å²) in [5.74, 6) is 0.574. The number of hydrogen-bond acceptors (Lipinski definition) is 3. The third-order valence-electron chi connectivity index (χ3n) is 4.70. The van der Waals surface area contributed by atoms with Crippen molar-refractivity contribution in [2.45, 2.75) is 33.2 Å². The molecule has 0 aliphatic carbocycles. The Bertz CT molecular complexity index is 671. The molecule has 5 heteroatoms. The average Bonchev–Trinajstić information content (AvgIpc) is 3.06. The van der Waals surface area contributed by atoms with Crippen LogP contribution in [-0.4, -0.2) is 30.6 Å². The molecule has 1 aromatic heterocycles. The molecule has 3 rings (SSSR count). The number of likely N-dealkylation sites (tertiary alicyclic amines) is 1. The Hall–Kier alpha value is -1.85. The highest BCUT2D eigenvalue weighted by Gasteiger charge is 2.20. The third kappa shape index (κ3) is 5.58. The first kappa shape index (κ1) is 18.0. The fourth-order valence-electron chi connectivity index (χ4n) is 3.43. The van der Waals surface area contributed by atoms with Crippen LogP contribution in [0.25, 0.3) is 0 Å². The largest absolute Gasteiger partial charge is 0.338 e. The molecule has 25 heavy (non-hydrogen) atoms. The number of aryl methyl sites for hydroxylation is 2. The van der Waals surface area contributed by atoms with Gasteiger partial charge in [0, 0.05) is 23.7 Å². The Labute approximate surface area is 154 Å². The fraction of sp³-hybridized carbons (Fsp3) is 0.450. The van der Waals surface area contributed by atoms with E-state index in [-0.39, 0.29) is 6.03 Å². The number of anilines is 1. The van der Waals surface area contributed by atoms with E-state index in [1.807, 2.05) is 37.3 Å². The van der Waals surface area contributed by atoms with Crippen molar-refractivity contribution in [3.63, 3.8) is 0 Å². The molecule has 0 saturated carbocycles. The van der Waals surface area contributed by atoms with Gasteiger partial charge in [0.15, 0.2) is 0 Å². The second-order valence-electron chi connectivity index (χ2n) is 7.01. The molecule has 2 N–H and O–H groups in total. The molecule has 1 aromatic carbocycles. The van der Waals surface area contributed by atoms with E-state index in [4.69, 9.17) is 0 Å². The first-order valence-electron chi connectivity index (χ1n) is 8.96. The minimum absolute atomic E-state index is 0.106. The molecule has 4 nitrogen and oxygen atoms in total. The van der Waals surface area contributed by atoms with Crippen LogP contribution in [-0.2, 0) is 6.54 Å². The molecule has 0 atom stereocenters. The monoisotopic (exact) mass is 357 g/mol. The van der Waals surface area contributed by atoms with Crippen LogP contribution >= 0.6 is 11.3 Å². The van der Waals surface area contributed by atoms with Gasteiger partial charge in [0.05, 0.1) is 0 Å². The number of hydrogen-bond donors (Lipinski definition) is 2. The number of carbonyl (C=O) groups excluding carboxylic acids is 1. The molecule has 0 radical (unpaired) electrons. The Balaban J connectivity index is 1.38. The molecular formula is C20H27N3OS. The van der Waals surface area contributed by atoms with E-state index < -0.39 is 0 Å². The molecule has 1 aliphatic heterocycles. The van der Waals surface area contributed by atoms with E-state index in [1.165, 1.54) is 4.88 Å². The lowest BCUT2D eigenvalue weighted by molar-refractivity contribution is 0.177. The lowest BCUT2D eigenvalue weighted by atomic mass is 9.97. The normalized spacial score (nSPS) is 15.9. The molecular weight excluding hydrogens is 330 g/mol. The quantitative estimate of drug-likeness (QED) is 0.833. The summed E-state index contributed by atoms with van der Waals surface area (Å²) in [5, 5.41) is 8.12. The predicted octanol–water partition coefficient (Wildman–Crippen LogP) is 4.40. The molecule has 1 saturated heterocycles. The Morgan fingerprint density at radius 3 is 2.56 bits per heavy atom. The molecule has 1 aliphatic rings. The summed E-state index contributed by atoms with van der Waals surface area (Å²) in [6.07, 6.45) is 2.30. The zero-order chi connectivity index (χ0) is 17.6. The zero-order valence-corrected chi connectivity index (χ0v) is 15.9. The van der Waals surface area contributed by atoms with Gasteiger partial charge in [-0.25, -0.2) is 4.79 Å². The van der Waals surface area contributed by atoms with Gasteiger partial charge in [0.2, 0.25) is 0 Å². The standard InChI is InChI=1S/C20H27N3OS/c1-15-10-16(2)12-18(11-15)22-20(24)21-13-17-5-7-23(8-6-17)14-19-4-3-9-25-19/h3-4,9-12,17H,5-8,13-14H2,1-2H3,(H2,21,22,24). The maximum Gasteiger partial charge on any atom is 0.319 e. The van der Waals surface area contributed by atoms with Crippen molar-refractivity contribution in [3.8, 4) is 0 Å². The highest BCUT2D eigenvalue weighted by Crippen LogP contribution is 2.20. The van der Waals surface area contributed by atoms with Gasteiger partial charge in [-0.15, -0.1) is 11.3 Å². The van der Waals surface area contributed by atoms with Gasteiger partial charge in [-0.05, 0) is 80.4 Å². The number of benzene rings is 1. The number of carbonyl (C=O) groups is 1. The molecule has 1 fully saturated rings. The number of nitrogens with zero attached hydrogens (tertiary/aromatic N) is 1. The number of urea groups is 1. The van der Waals surface area contributed by atoms with Crippen molar-refractivity contribution in [1.29, 1.82) is 0 Å². The number of amides is 2. The molecule has 2 aromatic rings. The average molecular weight is 358 g/mol. The third-order valence-corrected chi connectivity index (χ3v) is 5.56. The van der Waals surface area contributed by atoms with E-state index >= 15 is 0 Å². The van der Waals surface area contributed by atoms with Crippen molar-refractivity contribution >= 4 is 23.1 Å². The van der Waals surface area contributed by atoms with Crippen molar-refractivity contribution in [2.75, 3.05) is 25.0 Å². The summed E-state index contributed by atoms with van der Waals surface area (Å²) < 4.78 is 0. The number of rotatable bonds is 5. The van der Waals surface area contributed by atoms with E-state index in [0.29, 0.717) is 5.92 Å². The second kappa shape index (κ2) is 8.50. The van der Waals surface area contributed by atoms with E-state index in [0.717, 1.165) is 55.8 Å². The van der Waals surface area contributed by atoms with Gasteiger partial charge in [-0.2, -0.15) is 0 Å². The van der Waals surface area contributed by atoms with Gasteiger partial charge in [-0.1, -0.05) is 12.1 Å². The van der Waals surface area contributed by atoms with Crippen LogP contribution in [0.4, 0.5) is 10.5 Å². The van der Waals surface area contributed by atoms with Crippen molar-refractivity contribution < 1.29 is 4.79 Å². The summed E-state index contributed by atoms with van der Waals surface area (Å²) >= 11 is 1.83. The Morgan fingerprint density at radius 2 is 1.92 bits per heavy atom. The maximum absolute atomic E-state index is 12.1. The van der Waals surface area contributed by atoms with Gasteiger partial charge in [0.1, 0.15) is 0 Å². The highest BCUT2D eigenvalue weighted by atomic mass is 32.1. The van der Waals surface area contributed by atoms with Gasteiger partial charge in [-0.3, -0.25) is 4.90 Å². The van der Waals surface area contributed by atoms with Crippen LogP contribution in [0, 0.1) is 19.8 Å². The van der Waals surface area contributed by atoms with Crippen molar-refractivity contribution in [3.05, 3.63) is 51.7 Å². The summed E-state index contributed by atoms with van der Waals surface area (Å²) in [7, 11) is 0. The Kier molecular flexibility index (Phi) is 6.10. The summed E-state index contributed by atoms with van der Waals surface area (Å²) in [6.45, 7) is 8.13. The van der Waals surface area contributed by atoms with E-state index in [1.54, 1.807) is 0 Å². The number of piperidine rings is 1. The van der Waals surface area contributed by atoms with Crippen LogP contribution in [0.1, 0.15) is 28.8 Å². The predicted molar refractivity (Wildman–Crippen MR) is 105 cm³/mol. The minimum atomic E-state index is -0.106. The van der Waals surface area contributed by atoms with Gasteiger partial charge >= 0.3 is 6.03 Å². The highest BCUT2D eigenvalue weighted by molar-refractivity contribution is 7.09. The summed E-state index contributed by atoms with van der Waals surface area (Å²) in [6, 6.07) is 10.3. The summed E-state index contributed by atoms with van der Waals surface area (Å²) in [5.41, 5.74) is 3.18. The maximum atomic E-state index is 12.1. The summed E-state index contributed by atoms with van der Waals surface area (Å²) in [4.78, 5) is 16.1. The molecule has 134 valence electrons. The SMILES string of the molecule is Cc1cc(C)cc(NC(=O)NCC2CCN(Cc3cccs3)CC2)c1. The molecule has 2 amide bonds. The van der Waals surface area contributed by atoms with Gasteiger partial charge < -0.3 is 10.6 Å². The Morgan fingerprint density at radius 1 is 1.20 bits per heavy atom. The molecule has 0 spiro atoms. The lowest BCUT2D eigenvalue weighted by Crippen LogP contribution is -2.39. The topological polar surface area (TPSA) is 44.4 Å². The van der Waals surface area contributed by atoms with Crippen molar-refractivity contribution in [2.24, 2.45) is 5.92 Å². The first-order valence-corrected chi connectivity index (χ1v) is 9.84. The van der Waals surface area contributed by atoms with Crippen LogP contribution in [0.2, 0.25) is 0 Å². The van der Waals surface area contributed by atoms with Crippen LogP contribution in [0.15, 0.2) is 35.7 Å². The van der Waals surface area contributed by atoms with E-state index in [2.05, 4.69) is 39.1 Å². The van der Waals surface area contributed by atoms with E-state index in [9.17, 15) is 4.79 Å². The number of nitrogens with one attached hydrogen (secondary N) is 2. The zero-order valence-electron chi connectivity index (χ0n) is 15.0. The molecule has 2 heterocycles. The van der Waals surface area contributed by atoms with Crippen LogP contribution in [0.5, 0.6) is 0 Å². The lowest BCUT2D eigenvalue weighted by Gasteiger charge is -2.31. The smallest absolute Gasteiger partial charge is 0.319 e.